The van der Waals surface area contributed by atoms with Crippen molar-refractivity contribution in [3.8, 4) is 0 Å². The Morgan fingerprint density at radius 1 is 1.30 bits per heavy atom. The number of nitrogens with one attached hydrogen (secondary N) is 2. The number of ether oxygens (including phenoxy) is 1. The van der Waals surface area contributed by atoms with Crippen LogP contribution in [-0.4, -0.2) is 11.7 Å². The summed E-state index contributed by atoms with van der Waals surface area (Å²) >= 11 is 1.62. The van der Waals surface area contributed by atoms with Crippen LogP contribution in [0.3, 0.4) is 0 Å². The predicted molar refractivity (Wildman–Crippen MR) is 92.6 cm³/mol. The molecular weight excluding hydrogens is 315 g/mol. The van der Waals surface area contributed by atoms with Crippen LogP contribution < -0.4 is 10.6 Å². The lowest BCUT2D eigenvalue weighted by Crippen LogP contribution is -2.27. The average molecular weight is 336 g/mol. The highest BCUT2D eigenvalue weighted by Crippen LogP contribution is 2.23. The SMILES string of the molecule is Cc1ccsc1CNc1cc(NC(=O)OC(C)(C)C)ccc1F. The van der Waals surface area contributed by atoms with Gasteiger partial charge >= 0.3 is 6.09 Å². The fourth-order valence-corrected chi connectivity index (χ4v) is 2.77. The maximum absolute atomic E-state index is 13.9. The number of thiophene rings is 1. The molecule has 1 aromatic carbocycles. The van der Waals surface area contributed by atoms with Crippen molar-refractivity contribution < 1.29 is 13.9 Å². The molecule has 0 aliphatic rings. The first kappa shape index (κ1) is 17.3. The maximum atomic E-state index is 13.9. The van der Waals surface area contributed by atoms with E-state index in [2.05, 4.69) is 10.6 Å². The number of hydrogen-bond acceptors (Lipinski definition) is 4. The molecule has 0 aliphatic carbocycles. The van der Waals surface area contributed by atoms with Gasteiger partial charge in [-0.25, -0.2) is 9.18 Å². The number of carbonyl (C=O) groups excluding carboxylic acids is 1. The van der Waals surface area contributed by atoms with Gasteiger partial charge in [-0.05, 0) is 62.9 Å². The van der Waals surface area contributed by atoms with Gasteiger partial charge in [0.15, 0.2) is 0 Å². The Kier molecular flexibility index (Phi) is 5.26. The molecule has 0 bridgehead atoms. The molecule has 2 aromatic rings. The quantitative estimate of drug-likeness (QED) is 0.811. The van der Waals surface area contributed by atoms with Crippen LogP contribution in [0.25, 0.3) is 0 Å². The van der Waals surface area contributed by atoms with E-state index in [-0.39, 0.29) is 5.82 Å². The second-order valence-corrected chi connectivity index (χ2v) is 7.20. The topological polar surface area (TPSA) is 50.4 Å². The molecule has 6 heteroatoms. The van der Waals surface area contributed by atoms with Crippen LogP contribution >= 0.6 is 11.3 Å². The van der Waals surface area contributed by atoms with Crippen molar-refractivity contribution in [2.45, 2.75) is 39.8 Å². The summed E-state index contributed by atoms with van der Waals surface area (Å²) in [4.78, 5) is 12.9. The zero-order chi connectivity index (χ0) is 17.0. The van der Waals surface area contributed by atoms with Crippen molar-refractivity contribution in [3.05, 3.63) is 45.9 Å². The number of hydrogen-bond donors (Lipinski definition) is 2. The van der Waals surface area contributed by atoms with E-state index < -0.39 is 11.7 Å². The monoisotopic (exact) mass is 336 g/mol. The molecule has 2 N–H and O–H groups in total. The number of amides is 1. The maximum Gasteiger partial charge on any atom is 0.412 e. The largest absolute Gasteiger partial charge is 0.444 e. The highest BCUT2D eigenvalue weighted by Gasteiger charge is 2.16. The average Bonchev–Trinajstić information content (AvgIpc) is 2.83. The smallest absolute Gasteiger partial charge is 0.412 e. The molecule has 0 radical (unpaired) electrons. The molecule has 1 heterocycles. The third-order valence-electron chi connectivity index (χ3n) is 3.02. The number of benzene rings is 1. The van der Waals surface area contributed by atoms with E-state index in [4.69, 9.17) is 4.74 Å². The van der Waals surface area contributed by atoms with Gasteiger partial charge in [0.1, 0.15) is 11.4 Å². The molecule has 0 unspecified atom stereocenters. The summed E-state index contributed by atoms with van der Waals surface area (Å²) in [5.74, 6) is -0.367. The summed E-state index contributed by atoms with van der Waals surface area (Å²) in [6.07, 6.45) is -0.566. The van der Waals surface area contributed by atoms with Gasteiger partial charge in [-0.3, -0.25) is 5.32 Å². The minimum absolute atomic E-state index is 0.339. The lowest BCUT2D eigenvalue weighted by Gasteiger charge is -2.20. The number of carbonyl (C=O) groups is 1. The summed E-state index contributed by atoms with van der Waals surface area (Å²) in [7, 11) is 0. The minimum Gasteiger partial charge on any atom is -0.444 e. The minimum atomic E-state index is -0.581. The highest BCUT2D eigenvalue weighted by molar-refractivity contribution is 7.10. The highest BCUT2D eigenvalue weighted by atomic mass is 32.1. The molecule has 0 atom stereocenters. The molecule has 0 fully saturated rings. The first-order valence-electron chi connectivity index (χ1n) is 7.31. The van der Waals surface area contributed by atoms with E-state index in [0.29, 0.717) is 17.9 Å². The molecule has 0 saturated heterocycles. The molecule has 4 nitrogen and oxygen atoms in total. The summed E-state index contributed by atoms with van der Waals surface area (Å²) in [5.41, 5.74) is 1.41. The van der Waals surface area contributed by atoms with Crippen LogP contribution in [0.1, 0.15) is 31.2 Å². The Morgan fingerprint density at radius 3 is 2.65 bits per heavy atom. The first-order valence-corrected chi connectivity index (χ1v) is 8.19. The van der Waals surface area contributed by atoms with Crippen LogP contribution in [0.15, 0.2) is 29.6 Å². The summed E-state index contributed by atoms with van der Waals surface area (Å²) in [6.45, 7) is 7.91. The number of aryl methyl sites for hydroxylation is 1. The zero-order valence-corrected chi connectivity index (χ0v) is 14.5. The van der Waals surface area contributed by atoms with Crippen molar-refractivity contribution >= 4 is 28.8 Å². The zero-order valence-electron chi connectivity index (χ0n) is 13.7. The molecule has 1 aromatic heterocycles. The van der Waals surface area contributed by atoms with Crippen LogP contribution in [0, 0.1) is 12.7 Å². The van der Waals surface area contributed by atoms with Crippen LogP contribution in [-0.2, 0) is 11.3 Å². The van der Waals surface area contributed by atoms with Crippen molar-refractivity contribution in [2.75, 3.05) is 10.6 Å². The lowest BCUT2D eigenvalue weighted by molar-refractivity contribution is 0.0636. The van der Waals surface area contributed by atoms with Gasteiger partial charge in [-0.15, -0.1) is 11.3 Å². The Bertz CT molecular complexity index is 692. The molecule has 1 amide bonds. The third-order valence-corrected chi connectivity index (χ3v) is 4.04. The van der Waals surface area contributed by atoms with Crippen molar-refractivity contribution in [1.82, 2.24) is 0 Å². The number of halogens is 1. The molecule has 0 spiro atoms. The summed E-state index contributed by atoms with van der Waals surface area (Å²) in [5, 5.41) is 7.67. The van der Waals surface area contributed by atoms with Gasteiger partial charge in [0, 0.05) is 17.1 Å². The Labute approximate surface area is 139 Å². The molecular formula is C17H21FN2O2S. The molecule has 2 rings (SSSR count). The second kappa shape index (κ2) is 7.00. The van der Waals surface area contributed by atoms with Gasteiger partial charge in [-0.1, -0.05) is 0 Å². The Morgan fingerprint density at radius 2 is 2.04 bits per heavy atom. The fourth-order valence-electron chi connectivity index (χ4n) is 1.92. The van der Waals surface area contributed by atoms with Gasteiger partial charge in [0.2, 0.25) is 0 Å². The van der Waals surface area contributed by atoms with E-state index in [9.17, 15) is 9.18 Å². The normalized spacial score (nSPS) is 11.2. The second-order valence-electron chi connectivity index (χ2n) is 6.20. The molecule has 124 valence electrons. The molecule has 0 aliphatic heterocycles. The Hall–Kier alpha value is -2.08. The Balaban J connectivity index is 2.04. The first-order chi connectivity index (χ1) is 10.7. The van der Waals surface area contributed by atoms with Crippen molar-refractivity contribution in [1.29, 1.82) is 0 Å². The lowest BCUT2D eigenvalue weighted by atomic mass is 10.2. The van der Waals surface area contributed by atoms with E-state index >= 15 is 0 Å². The third kappa shape index (κ3) is 5.25. The van der Waals surface area contributed by atoms with E-state index in [1.165, 1.54) is 17.7 Å². The van der Waals surface area contributed by atoms with Gasteiger partial charge < -0.3 is 10.1 Å². The number of rotatable bonds is 4. The van der Waals surface area contributed by atoms with E-state index in [1.807, 2.05) is 18.4 Å². The van der Waals surface area contributed by atoms with E-state index in [1.54, 1.807) is 38.2 Å². The van der Waals surface area contributed by atoms with E-state index in [0.717, 1.165) is 4.88 Å². The molecule has 23 heavy (non-hydrogen) atoms. The predicted octanol–water partition coefficient (Wildman–Crippen LogP) is 5.15. The summed E-state index contributed by atoms with van der Waals surface area (Å²) < 4.78 is 19.1. The standard InChI is InChI=1S/C17H21FN2O2S/c1-11-7-8-23-15(11)10-19-14-9-12(5-6-13(14)18)20-16(21)22-17(2,3)4/h5-9,19H,10H2,1-4H3,(H,20,21). The summed E-state index contributed by atoms with van der Waals surface area (Å²) in [6, 6.07) is 6.40. The fraction of sp³-hybridized carbons (Fsp3) is 0.353. The van der Waals surface area contributed by atoms with Crippen molar-refractivity contribution in [3.63, 3.8) is 0 Å². The number of anilines is 2. The molecule has 0 saturated carbocycles. The van der Waals surface area contributed by atoms with Crippen LogP contribution in [0.5, 0.6) is 0 Å². The van der Waals surface area contributed by atoms with Crippen molar-refractivity contribution in [2.24, 2.45) is 0 Å². The van der Waals surface area contributed by atoms with Gasteiger partial charge in [0.05, 0.1) is 5.69 Å². The van der Waals surface area contributed by atoms with Gasteiger partial charge in [0.25, 0.3) is 0 Å². The van der Waals surface area contributed by atoms with Gasteiger partial charge in [-0.2, -0.15) is 0 Å². The van der Waals surface area contributed by atoms with Crippen LogP contribution in [0.2, 0.25) is 0 Å². The van der Waals surface area contributed by atoms with Crippen LogP contribution in [0.4, 0.5) is 20.6 Å².